The predicted molar refractivity (Wildman–Crippen MR) is 77.5 cm³/mol. The summed E-state index contributed by atoms with van der Waals surface area (Å²) in [7, 11) is 0. The predicted octanol–water partition coefficient (Wildman–Crippen LogP) is 3.02. The number of thiophene rings is 1. The molecule has 2 amide bonds. The molecular weight excluding hydrogens is 260 g/mol. The van der Waals surface area contributed by atoms with E-state index in [4.69, 9.17) is 0 Å². The zero-order chi connectivity index (χ0) is 13.7. The molecule has 0 unspecified atom stereocenters. The molecule has 1 heterocycles. The van der Waals surface area contributed by atoms with Gasteiger partial charge in [-0.3, -0.25) is 9.59 Å². The van der Waals surface area contributed by atoms with Crippen LogP contribution in [0.1, 0.15) is 48.7 Å². The first-order valence-electron chi connectivity index (χ1n) is 6.89. The Morgan fingerprint density at radius 3 is 2.79 bits per heavy atom. The van der Waals surface area contributed by atoms with Gasteiger partial charge in [0.05, 0.1) is 9.88 Å². The lowest BCUT2D eigenvalue weighted by atomic mass is 10.2. The Kier molecular flexibility index (Phi) is 4.96. The maximum Gasteiger partial charge on any atom is 0.261 e. The first kappa shape index (κ1) is 14.1. The van der Waals surface area contributed by atoms with Crippen molar-refractivity contribution in [1.82, 2.24) is 5.32 Å². The summed E-state index contributed by atoms with van der Waals surface area (Å²) in [5.74, 6) is 0.221. The van der Waals surface area contributed by atoms with Crippen LogP contribution in [0.3, 0.4) is 0 Å². The van der Waals surface area contributed by atoms with Gasteiger partial charge in [-0.25, -0.2) is 0 Å². The monoisotopic (exact) mass is 280 g/mol. The summed E-state index contributed by atoms with van der Waals surface area (Å²) < 4.78 is 0. The highest BCUT2D eigenvalue weighted by Gasteiger charge is 2.29. The van der Waals surface area contributed by atoms with Gasteiger partial charge in [-0.15, -0.1) is 11.3 Å². The second-order valence-corrected chi connectivity index (χ2v) is 5.97. The fourth-order valence-corrected chi connectivity index (χ4v) is 2.59. The second-order valence-electron chi connectivity index (χ2n) is 4.89. The van der Waals surface area contributed by atoms with Crippen molar-refractivity contribution in [2.75, 3.05) is 11.9 Å². The van der Waals surface area contributed by atoms with Gasteiger partial charge >= 0.3 is 0 Å². The van der Waals surface area contributed by atoms with Crippen LogP contribution < -0.4 is 10.6 Å². The molecule has 1 saturated carbocycles. The molecule has 1 aromatic rings. The van der Waals surface area contributed by atoms with Crippen LogP contribution in [-0.2, 0) is 4.79 Å². The van der Waals surface area contributed by atoms with E-state index in [0.717, 1.165) is 37.1 Å². The van der Waals surface area contributed by atoms with Crippen LogP contribution in [-0.4, -0.2) is 18.4 Å². The molecule has 1 fully saturated rings. The quantitative estimate of drug-likeness (QED) is 0.754. The Balaban J connectivity index is 1.78. The average Bonchev–Trinajstić information content (AvgIpc) is 3.15. The molecule has 1 aromatic heterocycles. The fraction of sp³-hybridized carbons (Fsp3) is 0.571. The Morgan fingerprint density at radius 2 is 2.11 bits per heavy atom. The summed E-state index contributed by atoms with van der Waals surface area (Å²) in [6.45, 7) is 2.85. The van der Waals surface area contributed by atoms with Gasteiger partial charge in [0.1, 0.15) is 0 Å². The van der Waals surface area contributed by atoms with Crippen molar-refractivity contribution in [2.45, 2.75) is 39.0 Å². The smallest absolute Gasteiger partial charge is 0.261 e. The number of carbonyl (C=O) groups excluding carboxylic acids is 2. The largest absolute Gasteiger partial charge is 0.351 e. The number of rotatable bonds is 7. The molecule has 1 aliphatic rings. The molecular formula is C14H20N2O2S. The number of unbranched alkanes of at least 4 members (excludes halogenated alkanes) is 2. The number of amides is 2. The van der Waals surface area contributed by atoms with Gasteiger partial charge in [0, 0.05) is 12.5 Å². The molecule has 0 atom stereocenters. The Morgan fingerprint density at radius 1 is 1.32 bits per heavy atom. The third-order valence-electron chi connectivity index (χ3n) is 3.09. The zero-order valence-electron chi connectivity index (χ0n) is 11.2. The van der Waals surface area contributed by atoms with E-state index in [1.165, 1.54) is 11.3 Å². The normalized spacial score (nSPS) is 14.2. The fourth-order valence-electron chi connectivity index (χ4n) is 1.76. The summed E-state index contributed by atoms with van der Waals surface area (Å²) in [6, 6.07) is 3.56. The lowest BCUT2D eigenvalue weighted by Gasteiger charge is -2.02. The van der Waals surface area contributed by atoms with E-state index in [0.29, 0.717) is 11.4 Å². The summed E-state index contributed by atoms with van der Waals surface area (Å²) in [5.41, 5.74) is 0. The van der Waals surface area contributed by atoms with Gasteiger partial charge in [-0.1, -0.05) is 19.8 Å². The third-order valence-corrected chi connectivity index (χ3v) is 4.09. The van der Waals surface area contributed by atoms with Crippen LogP contribution in [0, 0.1) is 5.92 Å². The van der Waals surface area contributed by atoms with Crippen molar-refractivity contribution in [3.05, 3.63) is 17.0 Å². The third kappa shape index (κ3) is 4.35. The lowest BCUT2D eigenvalue weighted by molar-refractivity contribution is -0.117. The maximum atomic E-state index is 11.8. The number of anilines is 1. The molecule has 5 heteroatoms. The Labute approximate surface area is 117 Å². The first-order valence-corrected chi connectivity index (χ1v) is 7.71. The van der Waals surface area contributed by atoms with Crippen LogP contribution in [0.25, 0.3) is 0 Å². The number of carbonyl (C=O) groups is 2. The van der Waals surface area contributed by atoms with Crippen molar-refractivity contribution < 1.29 is 9.59 Å². The van der Waals surface area contributed by atoms with E-state index >= 15 is 0 Å². The summed E-state index contributed by atoms with van der Waals surface area (Å²) in [4.78, 5) is 24.1. The molecule has 2 rings (SSSR count). The van der Waals surface area contributed by atoms with Crippen LogP contribution in [0.2, 0.25) is 0 Å². The summed E-state index contributed by atoms with van der Waals surface area (Å²) in [5, 5.41) is 6.51. The SMILES string of the molecule is CCCCCNC(=O)c1ccc(NC(=O)C2CC2)s1. The van der Waals surface area contributed by atoms with Gasteiger partial charge in [-0.2, -0.15) is 0 Å². The average molecular weight is 280 g/mol. The maximum absolute atomic E-state index is 11.8. The van der Waals surface area contributed by atoms with Gasteiger partial charge in [0.15, 0.2) is 0 Å². The lowest BCUT2D eigenvalue weighted by Crippen LogP contribution is -2.23. The van der Waals surface area contributed by atoms with Gasteiger partial charge < -0.3 is 10.6 Å². The van der Waals surface area contributed by atoms with E-state index < -0.39 is 0 Å². The molecule has 0 aliphatic heterocycles. The van der Waals surface area contributed by atoms with Crippen LogP contribution >= 0.6 is 11.3 Å². The van der Waals surface area contributed by atoms with Crippen LogP contribution in [0.5, 0.6) is 0 Å². The Hall–Kier alpha value is -1.36. The molecule has 104 valence electrons. The van der Waals surface area contributed by atoms with Crippen LogP contribution in [0.15, 0.2) is 12.1 Å². The number of hydrogen-bond donors (Lipinski definition) is 2. The standard InChI is InChI=1S/C14H20N2O2S/c1-2-3-4-9-15-14(18)11-7-8-12(19-11)16-13(17)10-5-6-10/h7-8,10H,2-6,9H2,1H3,(H,15,18)(H,16,17). The minimum absolute atomic E-state index is 0.0481. The van der Waals surface area contributed by atoms with Crippen molar-refractivity contribution >= 4 is 28.2 Å². The molecule has 0 spiro atoms. The number of hydrogen-bond acceptors (Lipinski definition) is 3. The van der Waals surface area contributed by atoms with E-state index in [9.17, 15) is 9.59 Å². The number of nitrogens with one attached hydrogen (secondary N) is 2. The molecule has 1 aliphatic carbocycles. The highest BCUT2D eigenvalue weighted by molar-refractivity contribution is 7.18. The summed E-state index contributed by atoms with van der Waals surface area (Å²) in [6.07, 6.45) is 5.27. The minimum atomic E-state index is -0.0481. The van der Waals surface area contributed by atoms with E-state index in [-0.39, 0.29) is 17.7 Å². The molecule has 0 saturated heterocycles. The molecule has 0 bridgehead atoms. The second kappa shape index (κ2) is 6.70. The molecule has 4 nitrogen and oxygen atoms in total. The van der Waals surface area contributed by atoms with E-state index in [1.54, 1.807) is 12.1 Å². The van der Waals surface area contributed by atoms with Gasteiger partial charge in [-0.05, 0) is 31.4 Å². The minimum Gasteiger partial charge on any atom is -0.351 e. The highest BCUT2D eigenvalue weighted by Crippen LogP contribution is 2.31. The van der Waals surface area contributed by atoms with E-state index in [1.807, 2.05) is 0 Å². The Bertz CT molecular complexity index is 452. The molecule has 0 aromatic carbocycles. The topological polar surface area (TPSA) is 58.2 Å². The van der Waals surface area contributed by atoms with Crippen molar-refractivity contribution in [1.29, 1.82) is 0 Å². The zero-order valence-corrected chi connectivity index (χ0v) is 12.0. The van der Waals surface area contributed by atoms with Gasteiger partial charge in [0.25, 0.3) is 5.91 Å². The van der Waals surface area contributed by atoms with Crippen molar-refractivity contribution in [3.63, 3.8) is 0 Å². The van der Waals surface area contributed by atoms with Gasteiger partial charge in [0.2, 0.25) is 5.91 Å². The van der Waals surface area contributed by atoms with Crippen LogP contribution in [0.4, 0.5) is 5.00 Å². The summed E-state index contributed by atoms with van der Waals surface area (Å²) >= 11 is 1.33. The molecule has 19 heavy (non-hydrogen) atoms. The first-order chi connectivity index (χ1) is 9.20. The molecule has 2 N–H and O–H groups in total. The van der Waals surface area contributed by atoms with Crippen molar-refractivity contribution in [3.8, 4) is 0 Å². The van der Waals surface area contributed by atoms with Crippen molar-refractivity contribution in [2.24, 2.45) is 5.92 Å². The highest BCUT2D eigenvalue weighted by atomic mass is 32.1. The molecule has 0 radical (unpaired) electrons. The van der Waals surface area contributed by atoms with E-state index in [2.05, 4.69) is 17.6 Å².